The van der Waals surface area contributed by atoms with Crippen molar-refractivity contribution in [1.29, 1.82) is 0 Å². The average Bonchev–Trinajstić information content (AvgIpc) is 2.57. The predicted octanol–water partition coefficient (Wildman–Crippen LogP) is 3.97. The Morgan fingerprint density at radius 2 is 2.07 bits per heavy atom. The number of rotatable bonds is 2. The smallest absolute Gasteiger partial charge is 0.114 e. The van der Waals surface area contributed by atoms with Gasteiger partial charge in [0, 0.05) is 10.6 Å². The van der Waals surface area contributed by atoms with Gasteiger partial charge in [0.1, 0.15) is 5.76 Å². The highest BCUT2D eigenvalue weighted by Crippen LogP contribution is 2.36. The summed E-state index contributed by atoms with van der Waals surface area (Å²) in [6.07, 6.45) is 1.67. The molecule has 0 saturated heterocycles. The Morgan fingerprint density at radius 1 is 1.27 bits per heavy atom. The molecule has 0 bridgehead atoms. The maximum absolute atomic E-state index is 6.07. The van der Waals surface area contributed by atoms with E-state index in [4.69, 9.17) is 21.8 Å². The van der Waals surface area contributed by atoms with Gasteiger partial charge in [0.25, 0.3) is 0 Å². The highest BCUT2D eigenvalue weighted by molar-refractivity contribution is 7.99. The van der Waals surface area contributed by atoms with Crippen molar-refractivity contribution in [2.75, 3.05) is 5.73 Å². The van der Waals surface area contributed by atoms with E-state index in [1.165, 1.54) is 0 Å². The first-order chi connectivity index (χ1) is 7.16. The summed E-state index contributed by atoms with van der Waals surface area (Å²) in [6.45, 7) is 1.92. The van der Waals surface area contributed by atoms with Crippen molar-refractivity contribution in [2.24, 2.45) is 0 Å². The van der Waals surface area contributed by atoms with Crippen molar-refractivity contribution in [3.63, 3.8) is 0 Å². The molecule has 0 fully saturated rings. The van der Waals surface area contributed by atoms with Crippen molar-refractivity contribution < 1.29 is 4.42 Å². The Morgan fingerprint density at radius 3 is 2.67 bits per heavy atom. The van der Waals surface area contributed by atoms with Crippen LogP contribution in [0.1, 0.15) is 5.76 Å². The van der Waals surface area contributed by atoms with E-state index in [0.717, 1.165) is 15.6 Å². The molecular weight excluding hydrogens is 230 g/mol. The van der Waals surface area contributed by atoms with Crippen molar-refractivity contribution >= 4 is 29.1 Å². The molecule has 2 aromatic rings. The number of nitrogens with two attached hydrogens (primary N) is 1. The van der Waals surface area contributed by atoms with Crippen molar-refractivity contribution in [3.05, 3.63) is 41.3 Å². The number of benzene rings is 1. The standard InChI is InChI=1S/C11H10ClNOS/c1-7-10(4-5-14-7)15-11-3-2-8(13)6-9(11)12/h2-6H,13H2,1H3. The number of hydrogen-bond acceptors (Lipinski definition) is 3. The van der Waals surface area contributed by atoms with Gasteiger partial charge in [-0.15, -0.1) is 0 Å². The first-order valence-corrected chi connectivity index (χ1v) is 5.63. The number of anilines is 1. The lowest BCUT2D eigenvalue weighted by Gasteiger charge is -2.03. The molecule has 0 atom stereocenters. The zero-order chi connectivity index (χ0) is 10.8. The third kappa shape index (κ3) is 2.30. The molecule has 2 rings (SSSR count). The van der Waals surface area contributed by atoms with Gasteiger partial charge in [-0.2, -0.15) is 0 Å². The van der Waals surface area contributed by atoms with Crippen LogP contribution in [-0.4, -0.2) is 0 Å². The monoisotopic (exact) mass is 239 g/mol. The number of nitrogen functional groups attached to an aromatic ring is 1. The van der Waals surface area contributed by atoms with Crippen molar-refractivity contribution in [2.45, 2.75) is 16.7 Å². The highest BCUT2D eigenvalue weighted by atomic mass is 35.5. The van der Waals surface area contributed by atoms with Crippen molar-refractivity contribution in [3.8, 4) is 0 Å². The Balaban J connectivity index is 2.29. The molecule has 1 heterocycles. The average molecular weight is 240 g/mol. The van der Waals surface area contributed by atoms with Crippen LogP contribution in [0.4, 0.5) is 5.69 Å². The molecule has 1 aromatic carbocycles. The van der Waals surface area contributed by atoms with Crippen molar-refractivity contribution in [1.82, 2.24) is 0 Å². The minimum Gasteiger partial charge on any atom is -0.468 e. The molecule has 15 heavy (non-hydrogen) atoms. The van der Waals surface area contributed by atoms with Gasteiger partial charge < -0.3 is 10.2 Å². The lowest BCUT2D eigenvalue weighted by molar-refractivity contribution is 0.527. The molecular formula is C11H10ClNOS. The van der Waals surface area contributed by atoms with E-state index in [1.807, 2.05) is 25.1 Å². The van der Waals surface area contributed by atoms with E-state index in [-0.39, 0.29) is 0 Å². The SMILES string of the molecule is Cc1occc1Sc1ccc(N)cc1Cl. The third-order valence-electron chi connectivity index (χ3n) is 1.99. The summed E-state index contributed by atoms with van der Waals surface area (Å²) in [4.78, 5) is 2.05. The maximum atomic E-state index is 6.07. The fourth-order valence-electron chi connectivity index (χ4n) is 1.20. The molecule has 78 valence electrons. The minimum absolute atomic E-state index is 0.667. The van der Waals surface area contributed by atoms with E-state index >= 15 is 0 Å². The van der Waals surface area contributed by atoms with Crippen LogP contribution >= 0.6 is 23.4 Å². The molecule has 2 nitrogen and oxygen atoms in total. The molecule has 0 unspecified atom stereocenters. The normalized spacial score (nSPS) is 10.5. The lowest BCUT2D eigenvalue weighted by atomic mass is 10.3. The second kappa shape index (κ2) is 4.21. The molecule has 0 aliphatic rings. The fraction of sp³-hybridized carbons (Fsp3) is 0.0909. The quantitative estimate of drug-likeness (QED) is 0.806. The predicted molar refractivity (Wildman–Crippen MR) is 63.4 cm³/mol. The van der Waals surface area contributed by atoms with Gasteiger partial charge in [0.2, 0.25) is 0 Å². The van der Waals surface area contributed by atoms with Crippen LogP contribution in [0.25, 0.3) is 0 Å². The van der Waals surface area contributed by atoms with Crippen LogP contribution in [0.2, 0.25) is 5.02 Å². The van der Waals surface area contributed by atoms with Crippen LogP contribution in [0, 0.1) is 6.92 Å². The van der Waals surface area contributed by atoms with Gasteiger partial charge in [-0.1, -0.05) is 23.4 Å². The molecule has 0 radical (unpaired) electrons. The summed E-state index contributed by atoms with van der Waals surface area (Å²) < 4.78 is 5.21. The van der Waals surface area contributed by atoms with E-state index in [2.05, 4.69) is 0 Å². The fourth-order valence-corrected chi connectivity index (χ4v) is 2.35. The second-order valence-electron chi connectivity index (χ2n) is 3.13. The summed E-state index contributed by atoms with van der Waals surface area (Å²) in [6, 6.07) is 7.42. The molecule has 2 N–H and O–H groups in total. The number of furan rings is 1. The maximum Gasteiger partial charge on any atom is 0.114 e. The van der Waals surface area contributed by atoms with Gasteiger partial charge in [-0.3, -0.25) is 0 Å². The van der Waals surface area contributed by atoms with Gasteiger partial charge >= 0.3 is 0 Å². The summed E-state index contributed by atoms with van der Waals surface area (Å²) in [5, 5.41) is 0.667. The first kappa shape index (κ1) is 10.5. The van der Waals surface area contributed by atoms with E-state index in [1.54, 1.807) is 24.1 Å². The van der Waals surface area contributed by atoms with E-state index in [0.29, 0.717) is 10.7 Å². The summed E-state index contributed by atoms with van der Waals surface area (Å²) in [5.74, 6) is 0.896. The molecule has 0 aliphatic heterocycles. The topological polar surface area (TPSA) is 39.2 Å². The molecule has 0 saturated carbocycles. The summed E-state index contributed by atoms with van der Waals surface area (Å²) >= 11 is 7.64. The zero-order valence-electron chi connectivity index (χ0n) is 8.16. The number of hydrogen-bond donors (Lipinski definition) is 1. The molecule has 0 amide bonds. The van der Waals surface area contributed by atoms with Gasteiger partial charge in [-0.05, 0) is 31.2 Å². The molecule has 4 heteroatoms. The van der Waals surface area contributed by atoms with E-state index < -0.39 is 0 Å². The molecule has 0 spiro atoms. The highest BCUT2D eigenvalue weighted by Gasteiger charge is 2.06. The Labute approximate surface area is 97.4 Å². The van der Waals surface area contributed by atoms with Gasteiger partial charge in [0.05, 0.1) is 16.2 Å². The summed E-state index contributed by atoms with van der Waals surface area (Å²) in [7, 11) is 0. The second-order valence-corrected chi connectivity index (χ2v) is 4.62. The Bertz CT molecular complexity index is 481. The van der Waals surface area contributed by atoms with Crippen LogP contribution in [-0.2, 0) is 0 Å². The Kier molecular flexibility index (Phi) is 2.93. The third-order valence-corrected chi connectivity index (χ3v) is 3.63. The number of aryl methyl sites for hydroxylation is 1. The first-order valence-electron chi connectivity index (χ1n) is 4.44. The zero-order valence-corrected chi connectivity index (χ0v) is 9.73. The largest absolute Gasteiger partial charge is 0.468 e. The lowest BCUT2D eigenvalue weighted by Crippen LogP contribution is -1.84. The number of halogens is 1. The van der Waals surface area contributed by atoms with Crippen LogP contribution in [0.15, 0.2) is 44.7 Å². The van der Waals surface area contributed by atoms with Crippen LogP contribution in [0.5, 0.6) is 0 Å². The minimum atomic E-state index is 0.667. The Hall–Kier alpha value is -1.06. The van der Waals surface area contributed by atoms with E-state index in [9.17, 15) is 0 Å². The van der Waals surface area contributed by atoms with Crippen LogP contribution in [0.3, 0.4) is 0 Å². The summed E-state index contributed by atoms with van der Waals surface area (Å²) in [5.41, 5.74) is 6.29. The van der Waals surface area contributed by atoms with Crippen LogP contribution < -0.4 is 5.73 Å². The molecule has 0 aliphatic carbocycles. The van der Waals surface area contributed by atoms with Gasteiger partial charge in [-0.25, -0.2) is 0 Å². The van der Waals surface area contributed by atoms with Gasteiger partial charge in [0.15, 0.2) is 0 Å². The molecule has 1 aromatic heterocycles.